The number of ether oxygens (including phenoxy) is 2. The van der Waals surface area contributed by atoms with Gasteiger partial charge in [0.15, 0.2) is 0 Å². The number of hydrogen-bond donors (Lipinski definition) is 1. The number of aromatic amines is 1. The van der Waals surface area contributed by atoms with E-state index < -0.39 is 24.3 Å². The van der Waals surface area contributed by atoms with Crippen LogP contribution in [0, 0.1) is 11.8 Å². The topological polar surface area (TPSA) is 141 Å². The van der Waals surface area contributed by atoms with Gasteiger partial charge in [-0.05, 0) is 85.3 Å². The third kappa shape index (κ3) is 7.67. The van der Waals surface area contributed by atoms with E-state index >= 15 is 0 Å². The molecule has 2 saturated heterocycles. The highest BCUT2D eigenvalue weighted by atomic mass is 16.5. The van der Waals surface area contributed by atoms with Crippen molar-refractivity contribution in [1.82, 2.24) is 29.6 Å². The van der Waals surface area contributed by atoms with Crippen LogP contribution < -0.4 is 0 Å². The predicted molar refractivity (Wildman–Crippen MR) is 207 cm³/mol. The molecule has 54 heavy (non-hydrogen) atoms. The summed E-state index contributed by atoms with van der Waals surface area (Å²) in [7, 11) is 5.90. The number of methoxy groups -OCH3 is 2. The lowest BCUT2D eigenvalue weighted by molar-refractivity contribution is -0.139. The third-order valence-corrected chi connectivity index (χ3v) is 11.3. The van der Waals surface area contributed by atoms with Crippen LogP contribution >= 0.6 is 0 Å². The predicted octanol–water partition coefficient (Wildman–Crippen LogP) is 6.08. The first-order valence-electron chi connectivity index (χ1n) is 19.2. The summed E-state index contributed by atoms with van der Waals surface area (Å²) < 4.78 is 9.84. The molecule has 4 amide bonds. The van der Waals surface area contributed by atoms with Crippen LogP contribution in [0.25, 0.3) is 11.0 Å². The second-order valence-corrected chi connectivity index (χ2v) is 15.6. The Hall–Kier alpha value is -4.94. The van der Waals surface area contributed by atoms with Crippen LogP contribution in [-0.2, 0) is 38.3 Å². The van der Waals surface area contributed by atoms with Crippen molar-refractivity contribution in [3.05, 3.63) is 58.9 Å². The first-order chi connectivity index (χ1) is 25.8. The quantitative estimate of drug-likeness (QED) is 0.251. The first kappa shape index (κ1) is 38.8. The maximum Gasteiger partial charge on any atom is 0.409 e. The standard InChI is InChI=1S/C41H55N7O6/c1-24(2)35(45(5)40(51)53-7)38(49)47-19-9-11-33(47)32-23-28-21-26(15-17-29(28)42-32)13-14-27-16-18-30-31(22-27)44-37(43-30)34-12-10-20-48(34)39(50)36(25(3)4)46(6)41(52)54-8/h15-18,21-22,24-25,33-36H,9-14,19-20,23H2,1-8H3,(H,43,44)/t33-,34-,35-,36-/m0/s1. The number of carbonyl (C=O) groups excluding carboxylic acids is 4. The second-order valence-electron chi connectivity index (χ2n) is 15.6. The molecule has 3 aliphatic heterocycles. The van der Waals surface area contributed by atoms with Gasteiger partial charge in [-0.2, -0.15) is 0 Å². The molecule has 1 aromatic heterocycles. The van der Waals surface area contributed by atoms with Crippen LogP contribution in [0.1, 0.15) is 81.9 Å². The van der Waals surface area contributed by atoms with Crippen LogP contribution in [0.4, 0.5) is 15.3 Å². The van der Waals surface area contributed by atoms with Crippen molar-refractivity contribution in [2.45, 2.75) is 96.8 Å². The zero-order chi connectivity index (χ0) is 38.8. The molecule has 1 N–H and O–H groups in total. The Morgan fingerprint density at radius 1 is 0.796 bits per heavy atom. The number of likely N-dealkylation sites (tertiary alicyclic amines) is 2. The van der Waals surface area contributed by atoms with Gasteiger partial charge in [-0.15, -0.1) is 0 Å². The Kier molecular flexibility index (Phi) is 11.6. The lowest BCUT2D eigenvalue weighted by Crippen LogP contribution is -2.54. The number of aliphatic imine (C=N–C) groups is 1. The van der Waals surface area contributed by atoms with Crippen LogP contribution in [0.5, 0.6) is 0 Å². The number of aryl methyl sites for hydroxylation is 2. The summed E-state index contributed by atoms with van der Waals surface area (Å²) in [5.74, 6) is 0.468. The number of nitrogens with one attached hydrogen (secondary N) is 1. The maximum atomic E-state index is 13.8. The van der Waals surface area contributed by atoms with E-state index in [-0.39, 0.29) is 35.7 Å². The van der Waals surface area contributed by atoms with Crippen LogP contribution in [-0.4, -0.2) is 119 Å². The van der Waals surface area contributed by atoms with Gasteiger partial charge in [0.05, 0.1) is 43.0 Å². The van der Waals surface area contributed by atoms with Gasteiger partial charge in [-0.3, -0.25) is 24.4 Å². The lowest BCUT2D eigenvalue weighted by atomic mass is 9.97. The van der Waals surface area contributed by atoms with Gasteiger partial charge in [0.1, 0.15) is 17.9 Å². The van der Waals surface area contributed by atoms with Gasteiger partial charge in [0.2, 0.25) is 11.8 Å². The van der Waals surface area contributed by atoms with Gasteiger partial charge in [0.25, 0.3) is 0 Å². The number of fused-ring (bicyclic) bond motifs is 2. The van der Waals surface area contributed by atoms with E-state index in [1.54, 1.807) is 14.1 Å². The summed E-state index contributed by atoms with van der Waals surface area (Å²) in [6.45, 7) is 9.05. The van der Waals surface area contributed by atoms with Crippen molar-refractivity contribution in [2.75, 3.05) is 41.4 Å². The molecule has 290 valence electrons. The molecule has 6 rings (SSSR count). The lowest BCUT2D eigenvalue weighted by Gasteiger charge is -2.35. The zero-order valence-electron chi connectivity index (χ0n) is 32.9. The van der Waals surface area contributed by atoms with Gasteiger partial charge in [-0.1, -0.05) is 45.9 Å². The minimum absolute atomic E-state index is 0.0570. The summed E-state index contributed by atoms with van der Waals surface area (Å²) in [5, 5.41) is 0. The van der Waals surface area contributed by atoms with Gasteiger partial charge < -0.3 is 24.3 Å². The van der Waals surface area contributed by atoms with Gasteiger partial charge in [0, 0.05) is 39.3 Å². The van der Waals surface area contributed by atoms with Crippen LogP contribution in [0.3, 0.4) is 0 Å². The Morgan fingerprint density at radius 2 is 1.33 bits per heavy atom. The largest absolute Gasteiger partial charge is 0.453 e. The number of amides is 4. The minimum Gasteiger partial charge on any atom is -0.453 e. The number of likely N-dealkylation sites (N-methyl/N-ethyl adjacent to an activating group) is 2. The molecule has 4 heterocycles. The molecule has 2 fully saturated rings. The SMILES string of the molecule is COC(=O)N(C)[C@H](C(=O)N1CCC[C@H]1C1=Nc2ccc(CCc3ccc4nc([C@@H]5CCCN5C(=O)[C@H](C(C)C)N(C)C(=O)OC)[nH]c4c3)cc2C1)C(C)C. The van der Waals surface area contributed by atoms with Crippen molar-refractivity contribution < 1.29 is 28.7 Å². The molecule has 3 aliphatic rings. The Bertz CT molecular complexity index is 1920. The van der Waals surface area contributed by atoms with Crippen LogP contribution in [0.15, 0.2) is 41.4 Å². The van der Waals surface area contributed by atoms with E-state index in [0.717, 1.165) is 66.8 Å². The highest BCUT2D eigenvalue weighted by Crippen LogP contribution is 2.35. The number of nitrogens with zero attached hydrogens (tertiary/aromatic N) is 6. The highest BCUT2D eigenvalue weighted by molar-refractivity contribution is 6.01. The molecule has 13 nitrogen and oxygen atoms in total. The number of H-pyrrole nitrogens is 1. The molecule has 2 aromatic carbocycles. The van der Waals surface area contributed by atoms with E-state index in [9.17, 15) is 19.2 Å². The van der Waals surface area contributed by atoms with Crippen molar-refractivity contribution >= 4 is 46.4 Å². The van der Waals surface area contributed by atoms with Crippen molar-refractivity contribution in [3.63, 3.8) is 0 Å². The Morgan fingerprint density at radius 3 is 1.91 bits per heavy atom. The number of imidazole rings is 1. The molecule has 4 atom stereocenters. The average molecular weight is 742 g/mol. The smallest absolute Gasteiger partial charge is 0.409 e. The molecule has 0 bridgehead atoms. The monoisotopic (exact) mass is 741 g/mol. The highest BCUT2D eigenvalue weighted by Gasteiger charge is 2.42. The molecule has 0 spiro atoms. The molecule has 0 saturated carbocycles. The zero-order valence-corrected chi connectivity index (χ0v) is 32.9. The first-order valence-corrected chi connectivity index (χ1v) is 19.2. The Balaban J connectivity index is 1.10. The molecule has 0 radical (unpaired) electrons. The van der Waals surface area contributed by atoms with E-state index in [2.05, 4.69) is 35.3 Å². The summed E-state index contributed by atoms with van der Waals surface area (Å²) in [4.78, 5) is 72.3. The average Bonchev–Trinajstić information content (AvgIpc) is 3.97. The normalized spacial score (nSPS) is 19.3. The molecular weight excluding hydrogens is 686 g/mol. The van der Waals surface area contributed by atoms with Crippen molar-refractivity contribution in [1.29, 1.82) is 0 Å². The fourth-order valence-corrected chi connectivity index (χ4v) is 8.65. The van der Waals surface area contributed by atoms with Gasteiger partial charge in [-0.25, -0.2) is 14.6 Å². The number of aromatic nitrogens is 2. The molecule has 0 unspecified atom stereocenters. The molecular formula is C41H55N7O6. The van der Waals surface area contributed by atoms with Crippen LogP contribution in [0.2, 0.25) is 0 Å². The van der Waals surface area contributed by atoms with E-state index in [0.29, 0.717) is 19.5 Å². The molecule has 3 aromatic rings. The van der Waals surface area contributed by atoms with E-state index in [4.69, 9.17) is 19.5 Å². The molecule has 13 heteroatoms. The van der Waals surface area contributed by atoms with E-state index in [1.807, 2.05) is 43.6 Å². The Labute approximate surface area is 318 Å². The summed E-state index contributed by atoms with van der Waals surface area (Å²) in [5.41, 5.74) is 7.36. The number of hydrogen-bond acceptors (Lipinski definition) is 8. The van der Waals surface area contributed by atoms with Crippen molar-refractivity contribution in [3.8, 4) is 0 Å². The second kappa shape index (κ2) is 16.2. The van der Waals surface area contributed by atoms with Crippen molar-refractivity contribution in [2.24, 2.45) is 16.8 Å². The fraction of sp³-hybridized carbons (Fsp3) is 0.561. The summed E-state index contributed by atoms with van der Waals surface area (Å²) >= 11 is 0. The third-order valence-electron chi connectivity index (χ3n) is 11.3. The number of carbonyl (C=O) groups is 4. The minimum atomic E-state index is -0.628. The number of benzene rings is 2. The summed E-state index contributed by atoms with van der Waals surface area (Å²) in [6, 6.07) is 11.3. The maximum absolute atomic E-state index is 13.8. The fourth-order valence-electron chi connectivity index (χ4n) is 8.65. The van der Waals surface area contributed by atoms with Gasteiger partial charge >= 0.3 is 12.2 Å². The number of rotatable bonds is 11. The van der Waals surface area contributed by atoms with E-state index in [1.165, 1.54) is 40.7 Å². The molecule has 0 aliphatic carbocycles. The summed E-state index contributed by atoms with van der Waals surface area (Å²) in [6.07, 6.45) is 4.78.